The van der Waals surface area contributed by atoms with Crippen molar-refractivity contribution >= 4 is 16.7 Å². The van der Waals surface area contributed by atoms with E-state index in [0.717, 1.165) is 42.9 Å². The molecule has 2 heterocycles. The lowest BCUT2D eigenvalue weighted by Crippen LogP contribution is -2.44. The highest BCUT2D eigenvalue weighted by molar-refractivity contribution is 5.90. The van der Waals surface area contributed by atoms with Crippen molar-refractivity contribution in [3.05, 3.63) is 24.0 Å². The normalized spacial score (nSPS) is 17.9. The third-order valence-corrected chi connectivity index (χ3v) is 3.31. The largest absolute Gasteiger partial charge is 0.352 e. The summed E-state index contributed by atoms with van der Waals surface area (Å²) < 4.78 is 13.1. The van der Waals surface area contributed by atoms with Crippen LogP contribution < -0.4 is 4.90 Å². The minimum Gasteiger partial charge on any atom is -0.352 e. The zero-order valence-electron chi connectivity index (χ0n) is 9.78. The molecule has 0 atom stereocenters. The number of fused-ring (bicyclic) bond motifs is 1. The average molecular weight is 234 g/mol. The van der Waals surface area contributed by atoms with Crippen LogP contribution in [0.25, 0.3) is 10.9 Å². The fraction of sp³-hybridized carbons (Fsp3) is 0.417. The first-order valence-electron chi connectivity index (χ1n) is 5.81. The van der Waals surface area contributed by atoms with E-state index in [9.17, 15) is 4.39 Å². The number of aromatic amines is 1. The number of halogens is 1. The van der Waals surface area contributed by atoms with Crippen LogP contribution in [0.2, 0.25) is 0 Å². The summed E-state index contributed by atoms with van der Waals surface area (Å²) in [5.74, 6) is 0.708. The number of H-pyrrole nitrogens is 1. The Morgan fingerprint density at radius 2 is 2.00 bits per heavy atom. The number of hydrogen-bond donors (Lipinski definition) is 1. The lowest BCUT2D eigenvalue weighted by Gasteiger charge is -2.32. The van der Waals surface area contributed by atoms with Crippen molar-refractivity contribution < 1.29 is 4.39 Å². The van der Waals surface area contributed by atoms with Crippen molar-refractivity contribution in [2.45, 2.75) is 0 Å². The van der Waals surface area contributed by atoms with Gasteiger partial charge in [0.1, 0.15) is 5.82 Å². The number of likely N-dealkylation sites (N-methyl/N-ethyl adjacent to an activating group) is 1. The molecule has 1 aromatic carbocycles. The summed E-state index contributed by atoms with van der Waals surface area (Å²) in [7, 11) is 2.12. The number of nitrogens with one attached hydrogen (secondary N) is 1. The minimum absolute atomic E-state index is 0.230. The maximum atomic E-state index is 13.1. The van der Waals surface area contributed by atoms with Crippen molar-refractivity contribution in [1.82, 2.24) is 15.1 Å². The van der Waals surface area contributed by atoms with Gasteiger partial charge in [0.15, 0.2) is 5.82 Å². The Kier molecular flexibility index (Phi) is 2.48. The van der Waals surface area contributed by atoms with E-state index >= 15 is 0 Å². The number of nitrogens with zero attached hydrogens (tertiary/aromatic N) is 3. The zero-order chi connectivity index (χ0) is 11.8. The van der Waals surface area contributed by atoms with Gasteiger partial charge in [-0.2, -0.15) is 5.10 Å². The Labute approximate surface area is 99.0 Å². The van der Waals surface area contributed by atoms with Gasteiger partial charge >= 0.3 is 0 Å². The first kappa shape index (κ1) is 10.5. The highest BCUT2D eigenvalue weighted by Crippen LogP contribution is 2.25. The van der Waals surface area contributed by atoms with Gasteiger partial charge in [-0.05, 0) is 25.2 Å². The van der Waals surface area contributed by atoms with E-state index < -0.39 is 0 Å². The second-order valence-corrected chi connectivity index (χ2v) is 4.53. The van der Waals surface area contributed by atoms with E-state index in [1.165, 1.54) is 12.1 Å². The van der Waals surface area contributed by atoms with E-state index in [0.29, 0.717) is 0 Å². The van der Waals surface area contributed by atoms with Crippen LogP contribution in [0.5, 0.6) is 0 Å². The molecular weight excluding hydrogens is 219 g/mol. The first-order chi connectivity index (χ1) is 8.24. The third-order valence-electron chi connectivity index (χ3n) is 3.31. The Bertz CT molecular complexity index is 528. The monoisotopic (exact) mass is 234 g/mol. The second kappa shape index (κ2) is 4.00. The molecule has 1 aliphatic heterocycles. The predicted octanol–water partition coefficient (Wildman–Crippen LogP) is 1.45. The second-order valence-electron chi connectivity index (χ2n) is 4.53. The summed E-state index contributed by atoms with van der Waals surface area (Å²) in [6.45, 7) is 4.01. The molecule has 2 aromatic rings. The molecule has 0 bridgehead atoms. The summed E-state index contributed by atoms with van der Waals surface area (Å²) in [5, 5.41) is 8.19. The molecule has 1 fully saturated rings. The molecule has 1 N–H and O–H groups in total. The van der Waals surface area contributed by atoms with Crippen LogP contribution in [0.4, 0.5) is 10.2 Å². The molecule has 0 unspecified atom stereocenters. The van der Waals surface area contributed by atoms with Crippen molar-refractivity contribution in [2.75, 3.05) is 38.1 Å². The van der Waals surface area contributed by atoms with Gasteiger partial charge in [0.2, 0.25) is 0 Å². The van der Waals surface area contributed by atoms with Crippen LogP contribution in [0, 0.1) is 5.82 Å². The molecule has 1 aromatic heterocycles. The van der Waals surface area contributed by atoms with Crippen LogP contribution >= 0.6 is 0 Å². The van der Waals surface area contributed by atoms with Gasteiger partial charge in [0, 0.05) is 31.6 Å². The van der Waals surface area contributed by atoms with E-state index in [2.05, 4.69) is 27.0 Å². The van der Waals surface area contributed by atoms with Gasteiger partial charge in [0.05, 0.1) is 5.52 Å². The molecule has 1 aliphatic rings. The molecule has 3 rings (SSSR count). The lowest BCUT2D eigenvalue weighted by molar-refractivity contribution is 0.312. The van der Waals surface area contributed by atoms with Gasteiger partial charge in [-0.15, -0.1) is 0 Å². The molecule has 0 radical (unpaired) electrons. The minimum atomic E-state index is -0.230. The van der Waals surface area contributed by atoms with Crippen LogP contribution in [0.3, 0.4) is 0 Å². The molecule has 4 nitrogen and oxygen atoms in total. The van der Waals surface area contributed by atoms with Crippen LogP contribution in [-0.4, -0.2) is 48.3 Å². The summed E-state index contributed by atoms with van der Waals surface area (Å²) in [6, 6.07) is 4.77. The standard InChI is InChI=1S/C12H15FN4/c1-16-4-6-17(7-5-16)12-10-3-2-9(13)8-11(10)14-15-12/h2-3,8H,4-7H2,1H3,(H,14,15). The number of hydrogen-bond acceptors (Lipinski definition) is 3. The number of benzene rings is 1. The van der Waals surface area contributed by atoms with Crippen molar-refractivity contribution in [3.63, 3.8) is 0 Å². The highest BCUT2D eigenvalue weighted by atomic mass is 19.1. The van der Waals surface area contributed by atoms with Crippen molar-refractivity contribution in [1.29, 1.82) is 0 Å². The van der Waals surface area contributed by atoms with Crippen molar-refractivity contribution in [2.24, 2.45) is 0 Å². The number of piperazine rings is 1. The lowest BCUT2D eigenvalue weighted by atomic mass is 10.2. The molecule has 0 saturated carbocycles. The van der Waals surface area contributed by atoms with Crippen LogP contribution in [0.15, 0.2) is 18.2 Å². The summed E-state index contributed by atoms with van der Waals surface area (Å²) in [5.41, 5.74) is 0.763. The Hall–Kier alpha value is -1.62. The van der Waals surface area contributed by atoms with Crippen molar-refractivity contribution in [3.8, 4) is 0 Å². The fourth-order valence-corrected chi connectivity index (χ4v) is 2.24. The summed E-state index contributed by atoms with van der Waals surface area (Å²) in [6.07, 6.45) is 0. The van der Waals surface area contributed by atoms with E-state index in [1.807, 2.05) is 0 Å². The number of rotatable bonds is 1. The highest BCUT2D eigenvalue weighted by Gasteiger charge is 2.18. The number of anilines is 1. The van der Waals surface area contributed by atoms with Gasteiger partial charge in [-0.1, -0.05) is 0 Å². The SMILES string of the molecule is CN1CCN(c2n[nH]c3cc(F)ccc23)CC1. The Morgan fingerprint density at radius 3 is 2.76 bits per heavy atom. The van der Waals surface area contributed by atoms with Gasteiger partial charge in [-0.25, -0.2) is 4.39 Å². The quantitative estimate of drug-likeness (QED) is 0.811. The maximum absolute atomic E-state index is 13.1. The molecule has 5 heteroatoms. The van der Waals surface area contributed by atoms with Crippen LogP contribution in [-0.2, 0) is 0 Å². The van der Waals surface area contributed by atoms with Gasteiger partial charge < -0.3 is 9.80 Å². The van der Waals surface area contributed by atoms with Gasteiger partial charge in [0.25, 0.3) is 0 Å². The Morgan fingerprint density at radius 1 is 1.24 bits per heavy atom. The predicted molar refractivity (Wildman–Crippen MR) is 65.8 cm³/mol. The maximum Gasteiger partial charge on any atom is 0.158 e. The summed E-state index contributed by atoms with van der Waals surface area (Å²) >= 11 is 0. The van der Waals surface area contributed by atoms with Gasteiger partial charge in [-0.3, -0.25) is 5.10 Å². The van der Waals surface area contributed by atoms with E-state index in [4.69, 9.17) is 0 Å². The van der Waals surface area contributed by atoms with Crippen LogP contribution in [0.1, 0.15) is 0 Å². The molecule has 90 valence electrons. The number of aromatic nitrogens is 2. The van der Waals surface area contributed by atoms with E-state index in [1.54, 1.807) is 6.07 Å². The third kappa shape index (κ3) is 1.86. The smallest absolute Gasteiger partial charge is 0.158 e. The first-order valence-corrected chi connectivity index (χ1v) is 5.81. The average Bonchev–Trinajstić information content (AvgIpc) is 2.73. The topological polar surface area (TPSA) is 35.2 Å². The molecule has 1 saturated heterocycles. The molecule has 17 heavy (non-hydrogen) atoms. The molecule has 0 spiro atoms. The fourth-order valence-electron chi connectivity index (χ4n) is 2.24. The summed E-state index contributed by atoms with van der Waals surface area (Å²) in [4.78, 5) is 4.54. The molecule has 0 amide bonds. The van der Waals surface area contributed by atoms with E-state index in [-0.39, 0.29) is 5.82 Å². The molecular formula is C12H15FN4. The Balaban J connectivity index is 1.95. The molecule has 0 aliphatic carbocycles. The zero-order valence-corrected chi connectivity index (χ0v) is 9.78.